The first-order valence-corrected chi connectivity index (χ1v) is 5.99. The third-order valence-electron chi connectivity index (χ3n) is 3.07. The Morgan fingerprint density at radius 1 is 1.47 bits per heavy atom. The second-order valence-electron chi connectivity index (χ2n) is 4.50. The highest BCUT2D eigenvalue weighted by molar-refractivity contribution is 5.76. The first-order chi connectivity index (χ1) is 8.99. The number of carbonyl (C=O) groups excluding carboxylic acids is 1. The molecule has 2 aromatic heterocycles. The molecule has 2 heterocycles. The lowest BCUT2D eigenvalue weighted by Crippen LogP contribution is -2.30. The maximum Gasteiger partial charge on any atom is 0.242 e. The summed E-state index contributed by atoms with van der Waals surface area (Å²) in [6.07, 6.45) is 1.41. The van der Waals surface area contributed by atoms with Crippen molar-refractivity contribution in [2.24, 2.45) is 7.05 Å². The van der Waals surface area contributed by atoms with Crippen LogP contribution in [0, 0.1) is 13.8 Å². The zero-order valence-electron chi connectivity index (χ0n) is 11.5. The largest absolute Gasteiger partial charge is 0.348 e. The number of amides is 1. The van der Waals surface area contributed by atoms with E-state index in [-0.39, 0.29) is 18.5 Å². The van der Waals surface area contributed by atoms with Crippen LogP contribution in [0.15, 0.2) is 6.33 Å². The van der Waals surface area contributed by atoms with E-state index >= 15 is 0 Å². The van der Waals surface area contributed by atoms with Crippen molar-refractivity contribution >= 4 is 5.91 Å². The van der Waals surface area contributed by atoms with Crippen LogP contribution < -0.4 is 5.32 Å². The molecule has 0 radical (unpaired) electrons. The van der Waals surface area contributed by atoms with Crippen LogP contribution in [-0.4, -0.2) is 35.9 Å². The van der Waals surface area contributed by atoms with Gasteiger partial charge in [-0.25, -0.2) is 4.68 Å². The van der Waals surface area contributed by atoms with Crippen LogP contribution in [0.4, 0.5) is 0 Å². The molecule has 0 saturated carbocycles. The molecule has 0 aliphatic heterocycles. The van der Waals surface area contributed by atoms with Crippen molar-refractivity contribution in [1.29, 1.82) is 0 Å². The van der Waals surface area contributed by atoms with Crippen molar-refractivity contribution < 1.29 is 4.79 Å². The number of rotatable bonds is 4. The molecule has 102 valence electrons. The number of carbonyl (C=O) groups is 1. The highest BCUT2D eigenvalue weighted by atomic mass is 16.2. The maximum absolute atomic E-state index is 11.9. The highest BCUT2D eigenvalue weighted by Gasteiger charge is 2.18. The van der Waals surface area contributed by atoms with E-state index in [2.05, 4.69) is 25.9 Å². The summed E-state index contributed by atoms with van der Waals surface area (Å²) in [7, 11) is 1.89. The van der Waals surface area contributed by atoms with Gasteiger partial charge in [0, 0.05) is 18.3 Å². The Balaban J connectivity index is 2.04. The van der Waals surface area contributed by atoms with Crippen LogP contribution in [0.25, 0.3) is 0 Å². The van der Waals surface area contributed by atoms with Gasteiger partial charge in [-0.05, 0) is 31.2 Å². The van der Waals surface area contributed by atoms with Gasteiger partial charge in [0.05, 0.1) is 11.7 Å². The van der Waals surface area contributed by atoms with Crippen molar-refractivity contribution in [2.75, 3.05) is 0 Å². The molecule has 8 heteroatoms. The molecule has 0 spiro atoms. The number of tetrazole rings is 1. The third-order valence-corrected chi connectivity index (χ3v) is 3.07. The van der Waals surface area contributed by atoms with Crippen LogP contribution in [0.5, 0.6) is 0 Å². The van der Waals surface area contributed by atoms with E-state index in [1.54, 1.807) is 0 Å². The van der Waals surface area contributed by atoms with Gasteiger partial charge in [0.15, 0.2) is 0 Å². The average Bonchev–Trinajstić information content (AvgIpc) is 2.88. The van der Waals surface area contributed by atoms with Gasteiger partial charge in [0.1, 0.15) is 12.9 Å². The second kappa shape index (κ2) is 5.17. The number of nitrogens with one attached hydrogen (secondary N) is 1. The molecule has 0 aliphatic rings. The predicted octanol–water partition coefficient (Wildman–Crippen LogP) is -0.0992. The molecule has 1 N–H and O–H groups in total. The van der Waals surface area contributed by atoms with Crippen molar-refractivity contribution in [2.45, 2.75) is 33.4 Å². The summed E-state index contributed by atoms with van der Waals surface area (Å²) in [4.78, 5) is 11.9. The Hall–Kier alpha value is -2.25. The summed E-state index contributed by atoms with van der Waals surface area (Å²) in [5, 5.41) is 17.9. The molecule has 0 bridgehead atoms. The third kappa shape index (κ3) is 2.78. The Labute approximate surface area is 110 Å². The van der Waals surface area contributed by atoms with Gasteiger partial charge >= 0.3 is 0 Å². The summed E-state index contributed by atoms with van der Waals surface area (Å²) in [5.74, 6) is -0.137. The van der Waals surface area contributed by atoms with Gasteiger partial charge in [-0.3, -0.25) is 9.48 Å². The number of aromatic nitrogens is 6. The number of nitrogens with zero attached hydrogens (tertiary/aromatic N) is 6. The molecule has 0 unspecified atom stereocenters. The van der Waals surface area contributed by atoms with Gasteiger partial charge in [-0.1, -0.05) is 0 Å². The molecular formula is C11H17N7O. The van der Waals surface area contributed by atoms with Crippen LogP contribution in [0.3, 0.4) is 0 Å². The molecule has 0 aromatic carbocycles. The van der Waals surface area contributed by atoms with Gasteiger partial charge in [-0.15, -0.1) is 5.10 Å². The van der Waals surface area contributed by atoms with Crippen LogP contribution >= 0.6 is 0 Å². The summed E-state index contributed by atoms with van der Waals surface area (Å²) in [5.41, 5.74) is 3.02. The molecule has 2 rings (SSSR count). The Kier molecular flexibility index (Phi) is 3.59. The van der Waals surface area contributed by atoms with Crippen LogP contribution in [-0.2, 0) is 18.4 Å². The summed E-state index contributed by atoms with van der Waals surface area (Å²) >= 11 is 0. The normalized spacial score (nSPS) is 12.4. The topological polar surface area (TPSA) is 90.5 Å². The van der Waals surface area contributed by atoms with E-state index in [1.165, 1.54) is 11.0 Å². The minimum absolute atomic E-state index is 0.0994. The zero-order valence-corrected chi connectivity index (χ0v) is 11.5. The first kappa shape index (κ1) is 13.2. The van der Waals surface area contributed by atoms with Crippen molar-refractivity contribution in [3.05, 3.63) is 23.3 Å². The molecule has 1 atom stereocenters. The van der Waals surface area contributed by atoms with Gasteiger partial charge < -0.3 is 5.32 Å². The summed E-state index contributed by atoms with van der Waals surface area (Å²) in [6.45, 7) is 5.97. The van der Waals surface area contributed by atoms with Crippen molar-refractivity contribution in [1.82, 2.24) is 35.3 Å². The molecular weight excluding hydrogens is 246 g/mol. The lowest BCUT2D eigenvalue weighted by atomic mass is 10.1. The molecule has 19 heavy (non-hydrogen) atoms. The molecule has 2 aromatic rings. The Morgan fingerprint density at radius 2 is 2.21 bits per heavy atom. The van der Waals surface area contributed by atoms with E-state index in [0.29, 0.717) is 0 Å². The predicted molar refractivity (Wildman–Crippen MR) is 67.1 cm³/mol. The fraction of sp³-hybridized carbons (Fsp3) is 0.545. The van der Waals surface area contributed by atoms with E-state index in [0.717, 1.165) is 17.0 Å². The maximum atomic E-state index is 11.9. The fourth-order valence-corrected chi connectivity index (χ4v) is 2.18. The summed E-state index contributed by atoms with van der Waals surface area (Å²) in [6, 6.07) is -0.0994. The van der Waals surface area contributed by atoms with Gasteiger partial charge in [-0.2, -0.15) is 5.10 Å². The summed E-state index contributed by atoms with van der Waals surface area (Å²) < 4.78 is 3.19. The average molecular weight is 263 g/mol. The molecule has 1 amide bonds. The van der Waals surface area contributed by atoms with E-state index in [4.69, 9.17) is 0 Å². The van der Waals surface area contributed by atoms with Crippen LogP contribution in [0.1, 0.15) is 29.9 Å². The van der Waals surface area contributed by atoms with E-state index < -0.39 is 0 Å². The number of hydrogen-bond donors (Lipinski definition) is 1. The van der Waals surface area contributed by atoms with E-state index in [1.807, 2.05) is 32.5 Å². The van der Waals surface area contributed by atoms with Crippen LogP contribution in [0.2, 0.25) is 0 Å². The second-order valence-corrected chi connectivity index (χ2v) is 4.50. The van der Waals surface area contributed by atoms with E-state index in [9.17, 15) is 4.79 Å². The number of aryl methyl sites for hydroxylation is 2. The Bertz CT molecular complexity index is 572. The molecule has 8 nitrogen and oxygen atoms in total. The quantitative estimate of drug-likeness (QED) is 0.832. The lowest BCUT2D eigenvalue weighted by Gasteiger charge is -2.14. The highest BCUT2D eigenvalue weighted by Crippen LogP contribution is 2.20. The first-order valence-electron chi connectivity index (χ1n) is 5.99. The smallest absolute Gasteiger partial charge is 0.242 e. The van der Waals surface area contributed by atoms with Gasteiger partial charge in [0.25, 0.3) is 0 Å². The molecule has 0 saturated heterocycles. The Morgan fingerprint density at radius 3 is 2.74 bits per heavy atom. The monoisotopic (exact) mass is 263 g/mol. The van der Waals surface area contributed by atoms with Crippen molar-refractivity contribution in [3.63, 3.8) is 0 Å². The zero-order chi connectivity index (χ0) is 14.0. The molecule has 0 aliphatic carbocycles. The SMILES string of the molecule is Cc1nn(C)c(C)c1[C@H](C)NC(=O)Cn1cnnn1. The molecule has 0 fully saturated rings. The van der Waals surface area contributed by atoms with Gasteiger partial charge in [0.2, 0.25) is 5.91 Å². The minimum Gasteiger partial charge on any atom is -0.348 e. The fourth-order valence-electron chi connectivity index (χ4n) is 2.18. The number of hydrogen-bond acceptors (Lipinski definition) is 5. The van der Waals surface area contributed by atoms with Crippen molar-refractivity contribution in [3.8, 4) is 0 Å². The lowest BCUT2D eigenvalue weighted by molar-refractivity contribution is -0.122. The minimum atomic E-state index is -0.137. The standard InChI is InChI=1S/C11H17N7O/c1-7(11-8(2)14-17(4)9(11)3)13-10(19)5-18-6-12-15-16-18/h6-7H,5H2,1-4H3,(H,13,19)/t7-/m0/s1.